The molecule has 1 fully saturated rings. The summed E-state index contributed by atoms with van der Waals surface area (Å²) >= 11 is 0. The number of carbonyl (C=O) groups excluding carboxylic acids is 1. The maximum atomic E-state index is 12.0. The van der Waals surface area contributed by atoms with Crippen LogP contribution in [0.3, 0.4) is 0 Å². The van der Waals surface area contributed by atoms with Crippen LogP contribution in [-0.2, 0) is 14.4 Å². The fourth-order valence-electron chi connectivity index (χ4n) is 2.56. The second-order valence-corrected chi connectivity index (χ2v) is 5.55. The van der Waals surface area contributed by atoms with Gasteiger partial charge in [0.15, 0.2) is 6.61 Å². The first kappa shape index (κ1) is 14.9. The number of carboxylic acids is 1. The number of rotatable bonds is 4. The summed E-state index contributed by atoms with van der Waals surface area (Å²) < 4.78 is 0. The van der Waals surface area contributed by atoms with Gasteiger partial charge in [0.25, 0.3) is 0 Å². The third kappa shape index (κ3) is 3.20. The average Bonchev–Trinajstić information content (AvgIpc) is 2.25. The highest BCUT2D eigenvalue weighted by atomic mass is 16.7. The van der Waals surface area contributed by atoms with Gasteiger partial charge in [-0.3, -0.25) is 9.63 Å². The molecule has 0 spiro atoms. The Bertz CT molecular complexity index is 330. The number of aliphatic carboxylic acids is 1. The van der Waals surface area contributed by atoms with Crippen LogP contribution in [0.15, 0.2) is 0 Å². The molecule has 0 aromatic rings. The van der Waals surface area contributed by atoms with Crippen molar-refractivity contribution in [2.45, 2.75) is 39.7 Å². The molecule has 1 aliphatic rings. The quantitative estimate of drug-likeness (QED) is 0.638. The number of amides is 1. The summed E-state index contributed by atoms with van der Waals surface area (Å²) in [4.78, 5) is 26.9. The molecule has 6 heteroatoms. The van der Waals surface area contributed by atoms with E-state index >= 15 is 0 Å². The molecule has 6 nitrogen and oxygen atoms in total. The number of nitrogens with two attached hydrogens (primary N) is 1. The van der Waals surface area contributed by atoms with Gasteiger partial charge < -0.3 is 10.8 Å². The topological polar surface area (TPSA) is 102 Å². The van der Waals surface area contributed by atoms with Gasteiger partial charge in [0.1, 0.15) is 0 Å². The van der Waals surface area contributed by atoms with Crippen LogP contribution in [0.1, 0.15) is 33.6 Å². The van der Waals surface area contributed by atoms with E-state index in [-0.39, 0.29) is 29.2 Å². The van der Waals surface area contributed by atoms with Crippen LogP contribution in [0.4, 0.5) is 0 Å². The third-order valence-electron chi connectivity index (χ3n) is 4.19. The molecule has 0 bridgehead atoms. The minimum absolute atomic E-state index is 0.101. The van der Waals surface area contributed by atoms with Crippen molar-refractivity contribution in [3.8, 4) is 0 Å². The summed E-state index contributed by atoms with van der Waals surface area (Å²) in [5, 5.41) is 8.42. The molecule has 0 aromatic heterocycles. The SMILES string of the molecule is CC1C(N)CCC(C(=O)NOCC(=O)O)C1(C)C. The lowest BCUT2D eigenvalue weighted by atomic mass is 9.61. The molecule has 1 amide bonds. The fraction of sp³-hybridized carbons (Fsp3) is 0.833. The van der Waals surface area contributed by atoms with Gasteiger partial charge in [-0.15, -0.1) is 0 Å². The number of hydrogen-bond donors (Lipinski definition) is 3. The molecule has 1 saturated carbocycles. The summed E-state index contributed by atoms with van der Waals surface area (Å²) in [5.74, 6) is -1.36. The van der Waals surface area contributed by atoms with Gasteiger partial charge in [-0.1, -0.05) is 20.8 Å². The van der Waals surface area contributed by atoms with Crippen LogP contribution in [-0.4, -0.2) is 29.6 Å². The monoisotopic (exact) mass is 258 g/mol. The minimum atomic E-state index is -1.12. The van der Waals surface area contributed by atoms with Crippen LogP contribution < -0.4 is 11.2 Å². The summed E-state index contributed by atoms with van der Waals surface area (Å²) in [5.41, 5.74) is 8.00. The van der Waals surface area contributed by atoms with Gasteiger partial charge in [-0.25, -0.2) is 10.3 Å². The van der Waals surface area contributed by atoms with Crippen molar-refractivity contribution in [1.29, 1.82) is 0 Å². The van der Waals surface area contributed by atoms with E-state index in [4.69, 9.17) is 10.8 Å². The molecule has 0 heterocycles. The van der Waals surface area contributed by atoms with E-state index in [2.05, 4.69) is 10.3 Å². The summed E-state index contributed by atoms with van der Waals surface area (Å²) in [6.45, 7) is 5.53. The Kier molecular flexibility index (Phi) is 4.70. The Balaban J connectivity index is 2.59. The summed E-state index contributed by atoms with van der Waals surface area (Å²) in [7, 11) is 0. The molecule has 1 aliphatic carbocycles. The van der Waals surface area contributed by atoms with Crippen molar-refractivity contribution in [2.24, 2.45) is 23.0 Å². The van der Waals surface area contributed by atoms with Crippen molar-refractivity contribution in [3.63, 3.8) is 0 Å². The van der Waals surface area contributed by atoms with Crippen molar-refractivity contribution in [1.82, 2.24) is 5.48 Å². The van der Waals surface area contributed by atoms with Crippen LogP contribution in [0.5, 0.6) is 0 Å². The molecule has 1 rings (SSSR count). The van der Waals surface area contributed by atoms with Gasteiger partial charge in [0.05, 0.1) is 0 Å². The standard InChI is InChI=1S/C12H22N2O4/c1-7-9(13)5-4-8(12(7,2)3)11(17)14-18-6-10(15)16/h7-9H,4-6,13H2,1-3H3,(H,14,17)(H,15,16). The first-order valence-electron chi connectivity index (χ1n) is 6.15. The van der Waals surface area contributed by atoms with E-state index in [0.29, 0.717) is 6.42 Å². The Morgan fingerprint density at radius 1 is 1.44 bits per heavy atom. The highest BCUT2D eigenvalue weighted by molar-refractivity contribution is 5.79. The smallest absolute Gasteiger partial charge is 0.332 e. The molecule has 104 valence electrons. The van der Waals surface area contributed by atoms with Crippen LogP contribution in [0.25, 0.3) is 0 Å². The van der Waals surface area contributed by atoms with Crippen LogP contribution in [0.2, 0.25) is 0 Å². The Hall–Kier alpha value is -1.14. The zero-order chi connectivity index (χ0) is 13.9. The summed E-state index contributed by atoms with van der Waals surface area (Å²) in [6, 6.07) is 0.101. The van der Waals surface area contributed by atoms with E-state index < -0.39 is 12.6 Å². The first-order valence-corrected chi connectivity index (χ1v) is 6.15. The van der Waals surface area contributed by atoms with E-state index in [1.807, 2.05) is 20.8 Å². The maximum Gasteiger partial charge on any atom is 0.332 e. The first-order chi connectivity index (χ1) is 8.26. The molecule has 4 N–H and O–H groups in total. The Morgan fingerprint density at radius 3 is 2.61 bits per heavy atom. The van der Waals surface area contributed by atoms with Gasteiger partial charge in [0, 0.05) is 12.0 Å². The minimum Gasteiger partial charge on any atom is -0.479 e. The third-order valence-corrected chi connectivity index (χ3v) is 4.19. The Morgan fingerprint density at radius 2 is 2.06 bits per heavy atom. The molecule has 0 aromatic carbocycles. The van der Waals surface area contributed by atoms with Gasteiger partial charge >= 0.3 is 5.97 Å². The summed E-state index contributed by atoms with van der Waals surface area (Å²) in [6.07, 6.45) is 1.49. The molecule has 0 radical (unpaired) electrons. The lowest BCUT2D eigenvalue weighted by Crippen LogP contribution is -2.51. The van der Waals surface area contributed by atoms with Gasteiger partial charge in [-0.05, 0) is 24.2 Å². The zero-order valence-corrected chi connectivity index (χ0v) is 11.1. The van der Waals surface area contributed by atoms with E-state index in [1.54, 1.807) is 0 Å². The molecule has 3 unspecified atom stereocenters. The van der Waals surface area contributed by atoms with Crippen molar-refractivity contribution in [3.05, 3.63) is 0 Å². The van der Waals surface area contributed by atoms with Crippen molar-refractivity contribution < 1.29 is 19.5 Å². The number of hydrogen-bond acceptors (Lipinski definition) is 4. The molecule has 0 aliphatic heterocycles. The largest absolute Gasteiger partial charge is 0.479 e. The molecular weight excluding hydrogens is 236 g/mol. The van der Waals surface area contributed by atoms with Crippen molar-refractivity contribution in [2.75, 3.05) is 6.61 Å². The van der Waals surface area contributed by atoms with E-state index in [0.717, 1.165) is 6.42 Å². The van der Waals surface area contributed by atoms with Gasteiger partial charge in [0.2, 0.25) is 5.91 Å². The average molecular weight is 258 g/mol. The second kappa shape index (κ2) is 5.67. The molecule has 18 heavy (non-hydrogen) atoms. The molecular formula is C12H22N2O4. The van der Waals surface area contributed by atoms with E-state index in [1.165, 1.54) is 0 Å². The molecule has 3 atom stereocenters. The highest BCUT2D eigenvalue weighted by Gasteiger charge is 2.45. The van der Waals surface area contributed by atoms with E-state index in [9.17, 15) is 9.59 Å². The van der Waals surface area contributed by atoms with Crippen LogP contribution >= 0.6 is 0 Å². The maximum absolute atomic E-state index is 12.0. The lowest BCUT2D eigenvalue weighted by molar-refractivity contribution is -0.154. The van der Waals surface area contributed by atoms with Crippen LogP contribution in [0, 0.1) is 17.3 Å². The normalized spacial score (nSPS) is 30.8. The number of carbonyl (C=O) groups is 2. The predicted molar refractivity (Wildman–Crippen MR) is 65.4 cm³/mol. The number of nitrogens with one attached hydrogen (secondary N) is 1. The number of hydroxylamine groups is 1. The number of carboxylic acid groups (broad SMARTS) is 1. The van der Waals surface area contributed by atoms with Crippen molar-refractivity contribution >= 4 is 11.9 Å². The Labute approximate surface area is 107 Å². The predicted octanol–water partition coefficient (Wildman–Crippen LogP) is 0.518. The van der Waals surface area contributed by atoms with Gasteiger partial charge in [-0.2, -0.15) is 0 Å². The lowest BCUT2D eigenvalue weighted by Gasteiger charge is -2.45. The molecule has 0 saturated heterocycles. The zero-order valence-electron chi connectivity index (χ0n) is 11.1. The highest BCUT2D eigenvalue weighted by Crippen LogP contribution is 2.44. The fourth-order valence-corrected chi connectivity index (χ4v) is 2.56. The second-order valence-electron chi connectivity index (χ2n) is 5.55.